The van der Waals surface area contributed by atoms with E-state index in [4.69, 9.17) is 9.47 Å². The lowest BCUT2D eigenvalue weighted by Gasteiger charge is -2.32. The van der Waals surface area contributed by atoms with Gasteiger partial charge in [-0.05, 0) is 20.8 Å². The Morgan fingerprint density at radius 2 is 2.00 bits per heavy atom. The molecule has 0 radical (unpaired) electrons. The third-order valence-corrected chi connectivity index (χ3v) is 2.84. The molecule has 1 aliphatic rings. The van der Waals surface area contributed by atoms with Crippen LogP contribution in [-0.2, 0) is 9.47 Å². The van der Waals surface area contributed by atoms with Crippen molar-refractivity contribution in [1.29, 1.82) is 0 Å². The van der Waals surface area contributed by atoms with E-state index in [1.165, 1.54) is 0 Å². The van der Waals surface area contributed by atoms with Crippen molar-refractivity contribution in [1.82, 2.24) is 10.2 Å². The largest absolute Gasteiger partial charge is 0.353 e. The van der Waals surface area contributed by atoms with Crippen molar-refractivity contribution < 1.29 is 9.47 Å². The Hall–Kier alpha value is -0.160. The van der Waals surface area contributed by atoms with Crippen LogP contribution in [0.5, 0.6) is 0 Å². The Morgan fingerprint density at radius 3 is 2.56 bits per heavy atom. The molecular formula is C12H26N2O2. The van der Waals surface area contributed by atoms with Crippen molar-refractivity contribution in [2.24, 2.45) is 0 Å². The number of hydrogen-bond acceptors (Lipinski definition) is 4. The zero-order valence-electron chi connectivity index (χ0n) is 10.9. The Kier molecular flexibility index (Phi) is 6.96. The van der Waals surface area contributed by atoms with E-state index in [0.717, 1.165) is 45.8 Å². The minimum atomic E-state index is -0.0276. The van der Waals surface area contributed by atoms with Crippen LogP contribution in [0, 0.1) is 0 Å². The average Bonchev–Trinajstić information content (AvgIpc) is 2.27. The number of piperazine rings is 1. The standard InChI is InChI=1S/C12H26N2O2/c1-4-15-12(16-5-2)6-8-14-9-7-13-11(3)10-14/h11-13H,4-10H2,1-3H3. The first-order chi connectivity index (χ1) is 7.76. The van der Waals surface area contributed by atoms with Gasteiger partial charge in [-0.2, -0.15) is 0 Å². The van der Waals surface area contributed by atoms with Crippen molar-refractivity contribution >= 4 is 0 Å². The fraction of sp³-hybridized carbons (Fsp3) is 1.00. The summed E-state index contributed by atoms with van der Waals surface area (Å²) >= 11 is 0. The van der Waals surface area contributed by atoms with Crippen molar-refractivity contribution in [3.63, 3.8) is 0 Å². The molecule has 96 valence electrons. The highest BCUT2D eigenvalue weighted by Crippen LogP contribution is 2.05. The molecule has 1 heterocycles. The zero-order valence-corrected chi connectivity index (χ0v) is 10.9. The lowest BCUT2D eigenvalue weighted by molar-refractivity contribution is -0.142. The summed E-state index contributed by atoms with van der Waals surface area (Å²) in [6.45, 7) is 12.1. The van der Waals surface area contributed by atoms with Crippen molar-refractivity contribution in [2.75, 3.05) is 39.4 Å². The molecule has 0 aliphatic carbocycles. The molecule has 1 aliphatic heterocycles. The van der Waals surface area contributed by atoms with Crippen LogP contribution in [0.4, 0.5) is 0 Å². The molecule has 1 atom stereocenters. The normalized spacial score (nSPS) is 22.9. The van der Waals surface area contributed by atoms with Crippen LogP contribution in [-0.4, -0.2) is 56.6 Å². The highest BCUT2D eigenvalue weighted by molar-refractivity contribution is 4.74. The lowest BCUT2D eigenvalue weighted by Crippen LogP contribution is -2.49. The summed E-state index contributed by atoms with van der Waals surface area (Å²) in [6.07, 6.45) is 0.939. The zero-order chi connectivity index (χ0) is 11.8. The summed E-state index contributed by atoms with van der Waals surface area (Å²) in [5.74, 6) is 0. The van der Waals surface area contributed by atoms with Gasteiger partial charge in [0.2, 0.25) is 0 Å². The molecule has 0 aromatic heterocycles. The summed E-state index contributed by atoms with van der Waals surface area (Å²) < 4.78 is 11.1. The quantitative estimate of drug-likeness (QED) is 0.663. The predicted molar refractivity (Wildman–Crippen MR) is 65.6 cm³/mol. The molecule has 16 heavy (non-hydrogen) atoms. The summed E-state index contributed by atoms with van der Waals surface area (Å²) in [5, 5.41) is 3.45. The molecule has 0 aromatic carbocycles. The van der Waals surface area contributed by atoms with Gasteiger partial charge in [-0.1, -0.05) is 0 Å². The smallest absolute Gasteiger partial charge is 0.158 e. The van der Waals surface area contributed by atoms with Crippen LogP contribution < -0.4 is 5.32 Å². The molecule has 4 nitrogen and oxygen atoms in total. The average molecular weight is 230 g/mol. The summed E-state index contributed by atoms with van der Waals surface area (Å²) in [6, 6.07) is 0.603. The molecule has 1 rings (SSSR count). The second-order valence-corrected chi connectivity index (χ2v) is 4.28. The molecule has 0 aromatic rings. The molecule has 1 fully saturated rings. The number of hydrogen-bond donors (Lipinski definition) is 1. The van der Waals surface area contributed by atoms with Gasteiger partial charge < -0.3 is 19.7 Å². The van der Waals surface area contributed by atoms with Gasteiger partial charge in [-0.25, -0.2) is 0 Å². The number of nitrogens with one attached hydrogen (secondary N) is 1. The van der Waals surface area contributed by atoms with Crippen LogP contribution in [0.3, 0.4) is 0 Å². The maximum atomic E-state index is 5.54. The Morgan fingerprint density at radius 1 is 1.31 bits per heavy atom. The van der Waals surface area contributed by atoms with Crippen LogP contribution in [0.15, 0.2) is 0 Å². The van der Waals surface area contributed by atoms with Gasteiger partial charge in [0, 0.05) is 51.9 Å². The van der Waals surface area contributed by atoms with E-state index in [0.29, 0.717) is 6.04 Å². The SMILES string of the molecule is CCOC(CCN1CCNC(C)C1)OCC. The Balaban J connectivity index is 2.19. The van der Waals surface area contributed by atoms with Gasteiger partial charge in [0.05, 0.1) is 0 Å². The van der Waals surface area contributed by atoms with Crippen molar-refractivity contribution in [2.45, 2.75) is 39.5 Å². The third-order valence-electron chi connectivity index (χ3n) is 2.84. The van der Waals surface area contributed by atoms with Crippen LogP contribution in [0.25, 0.3) is 0 Å². The highest BCUT2D eigenvalue weighted by atomic mass is 16.7. The summed E-state index contributed by atoms with van der Waals surface area (Å²) in [5.41, 5.74) is 0. The van der Waals surface area contributed by atoms with E-state index in [-0.39, 0.29) is 6.29 Å². The summed E-state index contributed by atoms with van der Waals surface area (Å²) in [7, 11) is 0. The van der Waals surface area contributed by atoms with Crippen LogP contribution in [0.2, 0.25) is 0 Å². The van der Waals surface area contributed by atoms with E-state index >= 15 is 0 Å². The number of ether oxygens (including phenoxy) is 2. The third kappa shape index (κ3) is 5.25. The molecule has 1 saturated heterocycles. The molecule has 1 N–H and O–H groups in total. The topological polar surface area (TPSA) is 33.7 Å². The van der Waals surface area contributed by atoms with E-state index in [9.17, 15) is 0 Å². The van der Waals surface area contributed by atoms with Gasteiger partial charge in [0.1, 0.15) is 0 Å². The first-order valence-corrected chi connectivity index (χ1v) is 6.45. The minimum absolute atomic E-state index is 0.0276. The fourth-order valence-corrected chi connectivity index (χ4v) is 2.09. The first-order valence-electron chi connectivity index (χ1n) is 6.45. The van der Waals surface area contributed by atoms with Crippen molar-refractivity contribution in [3.05, 3.63) is 0 Å². The monoisotopic (exact) mass is 230 g/mol. The predicted octanol–water partition coefficient (Wildman–Crippen LogP) is 1.07. The maximum absolute atomic E-state index is 5.54. The number of rotatable bonds is 7. The van der Waals surface area contributed by atoms with Crippen LogP contribution in [0.1, 0.15) is 27.2 Å². The maximum Gasteiger partial charge on any atom is 0.158 e. The Bertz CT molecular complexity index is 168. The van der Waals surface area contributed by atoms with Gasteiger partial charge in [-0.15, -0.1) is 0 Å². The van der Waals surface area contributed by atoms with Gasteiger partial charge in [0.15, 0.2) is 6.29 Å². The first kappa shape index (κ1) is 13.9. The minimum Gasteiger partial charge on any atom is -0.353 e. The molecule has 4 heteroatoms. The van der Waals surface area contributed by atoms with Gasteiger partial charge in [0.25, 0.3) is 0 Å². The molecule has 0 amide bonds. The van der Waals surface area contributed by atoms with Crippen LogP contribution >= 0.6 is 0 Å². The second-order valence-electron chi connectivity index (χ2n) is 4.28. The van der Waals surface area contributed by atoms with E-state index in [1.807, 2.05) is 13.8 Å². The molecule has 0 spiro atoms. The molecule has 0 bridgehead atoms. The number of nitrogens with zero attached hydrogens (tertiary/aromatic N) is 1. The molecule has 1 unspecified atom stereocenters. The van der Waals surface area contributed by atoms with Gasteiger partial charge in [-0.3, -0.25) is 0 Å². The van der Waals surface area contributed by atoms with E-state index in [1.54, 1.807) is 0 Å². The molecular weight excluding hydrogens is 204 g/mol. The molecule has 0 saturated carbocycles. The lowest BCUT2D eigenvalue weighted by atomic mass is 10.2. The van der Waals surface area contributed by atoms with Gasteiger partial charge >= 0.3 is 0 Å². The van der Waals surface area contributed by atoms with E-state index in [2.05, 4.69) is 17.1 Å². The summed E-state index contributed by atoms with van der Waals surface area (Å²) in [4.78, 5) is 2.48. The highest BCUT2D eigenvalue weighted by Gasteiger charge is 2.17. The van der Waals surface area contributed by atoms with E-state index < -0.39 is 0 Å². The van der Waals surface area contributed by atoms with Crippen molar-refractivity contribution in [3.8, 4) is 0 Å². The fourth-order valence-electron chi connectivity index (χ4n) is 2.09. The second kappa shape index (κ2) is 8.01. The Labute approximate surface area is 99.3 Å².